The Kier molecular flexibility index (Phi) is 4.08. The lowest BCUT2D eigenvalue weighted by Crippen LogP contribution is -2.32. The van der Waals surface area contributed by atoms with Gasteiger partial charge in [0.2, 0.25) is 0 Å². The fourth-order valence-corrected chi connectivity index (χ4v) is 3.66. The molecule has 4 heterocycles. The number of hydrogen-bond donors (Lipinski definition) is 1. The van der Waals surface area contributed by atoms with Gasteiger partial charge in [0, 0.05) is 32.4 Å². The van der Waals surface area contributed by atoms with Gasteiger partial charge < -0.3 is 10.2 Å². The Bertz CT molecular complexity index is 927. The van der Waals surface area contributed by atoms with Crippen molar-refractivity contribution in [3.8, 4) is 0 Å². The van der Waals surface area contributed by atoms with Crippen molar-refractivity contribution in [1.29, 1.82) is 0 Å². The van der Waals surface area contributed by atoms with Gasteiger partial charge in [0.15, 0.2) is 5.65 Å². The van der Waals surface area contributed by atoms with Crippen LogP contribution in [0.2, 0.25) is 0 Å². The Labute approximate surface area is 152 Å². The molecule has 3 aromatic rings. The van der Waals surface area contributed by atoms with Gasteiger partial charge in [-0.25, -0.2) is 14.6 Å². The fourth-order valence-electron chi connectivity index (χ4n) is 3.06. The number of fused-ring (bicyclic) bond motifs is 1. The first-order chi connectivity index (χ1) is 12.1. The van der Waals surface area contributed by atoms with Gasteiger partial charge in [-0.1, -0.05) is 6.07 Å². The molecule has 3 aromatic heterocycles. The minimum Gasteiger partial charge on any atom is -0.365 e. The van der Waals surface area contributed by atoms with E-state index in [1.54, 1.807) is 23.0 Å². The highest BCUT2D eigenvalue weighted by atomic mass is 79.9. The van der Waals surface area contributed by atoms with Crippen LogP contribution in [-0.4, -0.2) is 54.7 Å². The van der Waals surface area contributed by atoms with Crippen molar-refractivity contribution in [2.24, 2.45) is 7.05 Å². The Hall–Kier alpha value is -2.55. The molecule has 4 rings (SSSR count). The molecule has 0 aliphatic carbocycles. The van der Waals surface area contributed by atoms with Crippen molar-refractivity contribution in [3.05, 3.63) is 41.0 Å². The average Bonchev–Trinajstić information content (AvgIpc) is 3.21. The molecule has 1 amide bonds. The zero-order valence-corrected chi connectivity index (χ0v) is 15.1. The van der Waals surface area contributed by atoms with Crippen LogP contribution < -0.4 is 5.32 Å². The smallest absolute Gasteiger partial charge is 0.272 e. The maximum Gasteiger partial charge on any atom is 0.272 e. The van der Waals surface area contributed by atoms with E-state index in [4.69, 9.17) is 0 Å². The number of aryl methyl sites for hydroxylation is 1. The number of nitrogens with one attached hydrogen (secondary N) is 1. The normalized spacial score (nSPS) is 17.2. The molecule has 1 saturated heterocycles. The predicted molar refractivity (Wildman–Crippen MR) is 96.2 cm³/mol. The van der Waals surface area contributed by atoms with Gasteiger partial charge in [0.25, 0.3) is 5.91 Å². The van der Waals surface area contributed by atoms with E-state index in [1.807, 2.05) is 18.0 Å². The molecule has 0 spiro atoms. The van der Waals surface area contributed by atoms with Gasteiger partial charge in [-0.2, -0.15) is 5.10 Å². The van der Waals surface area contributed by atoms with Gasteiger partial charge in [0.1, 0.15) is 22.4 Å². The van der Waals surface area contributed by atoms with E-state index in [0.29, 0.717) is 23.4 Å². The fraction of sp³-hybridized carbons (Fsp3) is 0.312. The van der Waals surface area contributed by atoms with Crippen LogP contribution in [0.15, 0.2) is 35.3 Å². The first-order valence-electron chi connectivity index (χ1n) is 7.93. The summed E-state index contributed by atoms with van der Waals surface area (Å²) in [5.74, 6) is 0.683. The molecule has 1 aliphatic heterocycles. The lowest BCUT2D eigenvalue weighted by Gasteiger charge is -2.17. The number of nitrogens with zero attached hydrogens (tertiary/aromatic N) is 6. The van der Waals surface area contributed by atoms with Crippen molar-refractivity contribution in [3.63, 3.8) is 0 Å². The quantitative estimate of drug-likeness (QED) is 0.720. The molecule has 1 fully saturated rings. The topological polar surface area (TPSA) is 88.8 Å². The highest BCUT2D eigenvalue weighted by Gasteiger charge is 2.28. The minimum absolute atomic E-state index is 0.0414. The Morgan fingerprint density at radius 1 is 1.32 bits per heavy atom. The number of hydrogen-bond acceptors (Lipinski definition) is 6. The van der Waals surface area contributed by atoms with Crippen molar-refractivity contribution in [2.45, 2.75) is 12.5 Å². The van der Waals surface area contributed by atoms with Crippen molar-refractivity contribution in [2.75, 3.05) is 18.4 Å². The van der Waals surface area contributed by atoms with E-state index in [1.165, 1.54) is 6.33 Å². The molecule has 0 radical (unpaired) electrons. The van der Waals surface area contributed by atoms with E-state index in [0.717, 1.165) is 23.3 Å². The number of anilines is 1. The van der Waals surface area contributed by atoms with E-state index in [9.17, 15) is 4.79 Å². The molecule has 0 aromatic carbocycles. The van der Waals surface area contributed by atoms with Crippen LogP contribution in [0.3, 0.4) is 0 Å². The Balaban J connectivity index is 1.51. The molecule has 0 saturated carbocycles. The lowest BCUT2D eigenvalue weighted by atomic mass is 10.2. The molecule has 1 aliphatic rings. The first kappa shape index (κ1) is 15.9. The molecule has 9 heteroatoms. The maximum absolute atomic E-state index is 12.5. The van der Waals surface area contributed by atoms with Crippen LogP contribution in [0.1, 0.15) is 16.9 Å². The minimum atomic E-state index is -0.0414. The number of rotatable bonds is 3. The van der Waals surface area contributed by atoms with Crippen molar-refractivity contribution < 1.29 is 4.79 Å². The van der Waals surface area contributed by atoms with E-state index < -0.39 is 0 Å². The number of pyridine rings is 1. The number of carbonyl (C=O) groups excluding carboxylic acids is 1. The number of aromatic nitrogens is 5. The Morgan fingerprint density at radius 3 is 3.00 bits per heavy atom. The summed E-state index contributed by atoms with van der Waals surface area (Å²) in [6.07, 6.45) is 4.00. The van der Waals surface area contributed by atoms with Crippen LogP contribution >= 0.6 is 15.9 Å². The number of amides is 1. The summed E-state index contributed by atoms with van der Waals surface area (Å²) in [6.45, 7) is 1.30. The van der Waals surface area contributed by atoms with Gasteiger partial charge in [-0.3, -0.25) is 9.78 Å². The standard InChI is InChI=1S/C16H16BrN7O/c1-23-15-12(13(17)22-23)14(19-9-20-15)21-10-5-7-24(8-10)16(25)11-4-2-3-6-18-11/h2-4,6,9-10H,5,7-8H2,1H3,(H,19,20,21). The van der Waals surface area contributed by atoms with Crippen LogP contribution in [0.5, 0.6) is 0 Å². The SMILES string of the molecule is Cn1nc(Br)c2c(NC3CCN(C(=O)c4ccccn4)C3)ncnc21. The molecule has 1 unspecified atom stereocenters. The second-order valence-corrected chi connectivity index (χ2v) is 6.68. The van der Waals surface area contributed by atoms with Crippen LogP contribution in [0, 0.1) is 0 Å². The lowest BCUT2D eigenvalue weighted by molar-refractivity contribution is 0.0786. The van der Waals surface area contributed by atoms with Gasteiger partial charge in [-0.15, -0.1) is 0 Å². The summed E-state index contributed by atoms with van der Waals surface area (Å²) in [4.78, 5) is 27.1. The summed E-state index contributed by atoms with van der Waals surface area (Å²) in [7, 11) is 1.84. The second-order valence-electron chi connectivity index (χ2n) is 5.93. The third-order valence-electron chi connectivity index (χ3n) is 4.28. The van der Waals surface area contributed by atoms with Gasteiger partial charge in [-0.05, 0) is 34.5 Å². The first-order valence-corrected chi connectivity index (χ1v) is 8.73. The van der Waals surface area contributed by atoms with E-state index in [-0.39, 0.29) is 11.9 Å². The van der Waals surface area contributed by atoms with E-state index in [2.05, 4.69) is 41.3 Å². The highest BCUT2D eigenvalue weighted by Crippen LogP contribution is 2.28. The van der Waals surface area contributed by atoms with Crippen LogP contribution in [-0.2, 0) is 7.05 Å². The summed E-state index contributed by atoms with van der Waals surface area (Å²) in [6, 6.07) is 5.49. The van der Waals surface area contributed by atoms with Crippen molar-refractivity contribution in [1.82, 2.24) is 29.6 Å². The molecule has 8 nitrogen and oxygen atoms in total. The zero-order valence-electron chi connectivity index (χ0n) is 13.6. The summed E-state index contributed by atoms with van der Waals surface area (Å²) in [5.41, 5.74) is 1.23. The number of carbonyl (C=O) groups is 1. The highest BCUT2D eigenvalue weighted by molar-refractivity contribution is 9.10. The summed E-state index contributed by atoms with van der Waals surface area (Å²) >= 11 is 3.46. The largest absolute Gasteiger partial charge is 0.365 e. The average molecular weight is 402 g/mol. The molecular formula is C16H16BrN7O. The van der Waals surface area contributed by atoms with Gasteiger partial charge in [0.05, 0.1) is 5.39 Å². The van der Waals surface area contributed by atoms with E-state index >= 15 is 0 Å². The third kappa shape index (κ3) is 2.95. The van der Waals surface area contributed by atoms with Gasteiger partial charge >= 0.3 is 0 Å². The predicted octanol–water partition coefficient (Wildman–Crippen LogP) is 1.85. The molecular weight excluding hydrogens is 386 g/mol. The zero-order chi connectivity index (χ0) is 17.4. The molecule has 0 bridgehead atoms. The third-order valence-corrected chi connectivity index (χ3v) is 4.83. The molecule has 25 heavy (non-hydrogen) atoms. The van der Waals surface area contributed by atoms with Crippen LogP contribution in [0.4, 0.5) is 5.82 Å². The second kappa shape index (κ2) is 6.40. The molecule has 128 valence electrons. The summed E-state index contributed by atoms with van der Waals surface area (Å²) in [5, 5.41) is 8.60. The van der Waals surface area contributed by atoms with Crippen LogP contribution in [0.25, 0.3) is 11.0 Å². The number of likely N-dealkylation sites (tertiary alicyclic amines) is 1. The molecule has 1 atom stereocenters. The summed E-state index contributed by atoms with van der Waals surface area (Å²) < 4.78 is 2.41. The number of halogens is 1. The monoisotopic (exact) mass is 401 g/mol. The van der Waals surface area contributed by atoms with Crippen molar-refractivity contribution >= 4 is 38.7 Å². The Morgan fingerprint density at radius 2 is 2.20 bits per heavy atom. The maximum atomic E-state index is 12.5. The molecule has 1 N–H and O–H groups in total.